The van der Waals surface area contributed by atoms with Crippen molar-refractivity contribution in [1.29, 1.82) is 5.41 Å². The molecule has 0 spiro atoms. The Morgan fingerprint density at radius 2 is 1.82 bits per heavy atom. The Balaban J connectivity index is 1.54. The number of likely N-dealkylation sites (tertiary alicyclic amines) is 1. The Labute approximate surface area is 194 Å². The molecule has 2 amide bonds. The van der Waals surface area contributed by atoms with Gasteiger partial charge in [0, 0.05) is 25.7 Å². The number of nitrogens with two attached hydrogens (primary N) is 1. The van der Waals surface area contributed by atoms with Crippen molar-refractivity contribution >= 4 is 32.8 Å². The number of carbonyl (C=O) groups excluding carboxylic acids is 1. The Hall–Kier alpha value is -2.85. The third kappa shape index (κ3) is 5.75. The van der Waals surface area contributed by atoms with E-state index in [4.69, 9.17) is 11.1 Å². The lowest BCUT2D eigenvalue weighted by atomic mass is 9.98. The standard InChI is InChI=1S/C23H32N6O3S/c24-22(25)28-13-5-6-17(15-28)16-29(23(30)26-20-9-3-4-10-20)27-33(31,32)21-12-11-18-7-1-2-8-19(18)14-21/h1-2,7-8,11-12,14,17,20,27H,3-6,9-10,13,15-16H2,(H3,24,25)(H,26,30). The molecule has 2 aromatic rings. The fourth-order valence-electron chi connectivity index (χ4n) is 4.71. The molecule has 33 heavy (non-hydrogen) atoms. The second-order valence-corrected chi connectivity index (χ2v) is 10.6. The largest absolute Gasteiger partial charge is 0.370 e. The Kier molecular flexibility index (Phi) is 7.04. The van der Waals surface area contributed by atoms with Crippen LogP contribution in [0.5, 0.6) is 0 Å². The average molecular weight is 473 g/mol. The summed E-state index contributed by atoms with van der Waals surface area (Å²) < 4.78 is 26.5. The molecule has 5 N–H and O–H groups in total. The van der Waals surface area contributed by atoms with Crippen LogP contribution in [0.4, 0.5) is 4.79 Å². The summed E-state index contributed by atoms with van der Waals surface area (Å²) in [7, 11) is -3.98. The average Bonchev–Trinajstić information content (AvgIpc) is 3.31. The van der Waals surface area contributed by atoms with Gasteiger partial charge in [-0.2, -0.15) is 0 Å². The maximum absolute atomic E-state index is 13.2. The van der Waals surface area contributed by atoms with Crippen molar-refractivity contribution in [2.24, 2.45) is 11.7 Å². The van der Waals surface area contributed by atoms with Crippen LogP contribution in [0.2, 0.25) is 0 Å². The molecule has 4 rings (SSSR count). The molecule has 1 atom stereocenters. The van der Waals surface area contributed by atoms with E-state index in [9.17, 15) is 13.2 Å². The Morgan fingerprint density at radius 1 is 1.09 bits per heavy atom. The molecular weight excluding hydrogens is 440 g/mol. The number of urea groups is 1. The van der Waals surface area contributed by atoms with Crippen molar-refractivity contribution in [2.45, 2.75) is 49.5 Å². The molecule has 1 saturated carbocycles. The van der Waals surface area contributed by atoms with Gasteiger partial charge in [-0.15, -0.1) is 4.83 Å². The summed E-state index contributed by atoms with van der Waals surface area (Å²) in [4.78, 5) is 17.5. The SMILES string of the molecule is N=C(N)N1CCCC(CN(NS(=O)(=O)c2ccc3ccccc3c2)C(=O)NC2CCCC2)C1. The number of nitrogens with zero attached hydrogens (tertiary/aromatic N) is 2. The number of rotatable bonds is 6. The topological polar surface area (TPSA) is 132 Å². The number of carbonyl (C=O) groups is 1. The third-order valence-corrected chi connectivity index (χ3v) is 7.83. The maximum atomic E-state index is 13.2. The summed E-state index contributed by atoms with van der Waals surface area (Å²) in [6.45, 7) is 1.41. The first-order chi connectivity index (χ1) is 15.8. The van der Waals surface area contributed by atoms with Gasteiger partial charge in [0.25, 0.3) is 10.0 Å². The van der Waals surface area contributed by atoms with E-state index < -0.39 is 16.1 Å². The molecule has 2 aromatic carbocycles. The van der Waals surface area contributed by atoms with Gasteiger partial charge in [-0.3, -0.25) is 5.41 Å². The van der Waals surface area contributed by atoms with Crippen molar-refractivity contribution in [3.8, 4) is 0 Å². The highest BCUT2D eigenvalue weighted by Gasteiger charge is 2.30. The predicted octanol–water partition coefficient (Wildman–Crippen LogP) is 2.59. The highest BCUT2D eigenvalue weighted by molar-refractivity contribution is 7.89. The minimum Gasteiger partial charge on any atom is -0.370 e. The monoisotopic (exact) mass is 472 g/mol. The summed E-state index contributed by atoms with van der Waals surface area (Å²) >= 11 is 0. The summed E-state index contributed by atoms with van der Waals surface area (Å²) in [6, 6.07) is 12.1. The number of amides is 2. The van der Waals surface area contributed by atoms with Gasteiger partial charge in [-0.25, -0.2) is 18.2 Å². The summed E-state index contributed by atoms with van der Waals surface area (Å²) in [5.41, 5.74) is 5.66. The number of hydrazine groups is 1. The van der Waals surface area contributed by atoms with Crippen LogP contribution in [0.25, 0.3) is 10.8 Å². The number of fused-ring (bicyclic) bond motifs is 1. The van der Waals surface area contributed by atoms with Crippen LogP contribution in [0.15, 0.2) is 47.4 Å². The fraction of sp³-hybridized carbons (Fsp3) is 0.478. The van der Waals surface area contributed by atoms with Gasteiger partial charge < -0.3 is 16.0 Å². The van der Waals surface area contributed by atoms with E-state index in [0.717, 1.165) is 49.3 Å². The smallest absolute Gasteiger partial charge is 0.332 e. The van der Waals surface area contributed by atoms with Crippen LogP contribution in [-0.2, 0) is 10.0 Å². The molecule has 0 bridgehead atoms. The van der Waals surface area contributed by atoms with Crippen molar-refractivity contribution in [2.75, 3.05) is 19.6 Å². The van der Waals surface area contributed by atoms with E-state index in [1.165, 1.54) is 5.01 Å². The molecule has 9 nitrogen and oxygen atoms in total. The second-order valence-electron chi connectivity index (χ2n) is 8.98. The van der Waals surface area contributed by atoms with E-state index in [2.05, 4.69) is 10.1 Å². The lowest BCUT2D eigenvalue weighted by Gasteiger charge is -2.36. The number of guanidine groups is 1. The lowest BCUT2D eigenvalue weighted by Crippen LogP contribution is -2.55. The highest BCUT2D eigenvalue weighted by atomic mass is 32.2. The molecular formula is C23H32N6O3S. The van der Waals surface area contributed by atoms with Gasteiger partial charge in [-0.1, -0.05) is 43.2 Å². The molecule has 2 fully saturated rings. The van der Waals surface area contributed by atoms with Gasteiger partial charge >= 0.3 is 6.03 Å². The Morgan fingerprint density at radius 3 is 2.55 bits per heavy atom. The maximum Gasteiger partial charge on any atom is 0.332 e. The molecule has 0 aromatic heterocycles. The first-order valence-electron chi connectivity index (χ1n) is 11.5. The number of piperidine rings is 1. The molecule has 1 aliphatic carbocycles. The molecule has 0 radical (unpaired) electrons. The third-order valence-electron chi connectivity index (χ3n) is 6.49. The predicted molar refractivity (Wildman–Crippen MR) is 128 cm³/mol. The first-order valence-corrected chi connectivity index (χ1v) is 13.0. The lowest BCUT2D eigenvalue weighted by molar-refractivity contribution is 0.152. The van der Waals surface area contributed by atoms with Gasteiger partial charge in [0.15, 0.2) is 5.96 Å². The summed E-state index contributed by atoms with van der Waals surface area (Å²) in [6.07, 6.45) is 5.58. The van der Waals surface area contributed by atoms with Crippen LogP contribution < -0.4 is 15.9 Å². The fourth-order valence-corrected chi connectivity index (χ4v) is 5.79. The highest BCUT2D eigenvalue weighted by Crippen LogP contribution is 2.22. The van der Waals surface area contributed by atoms with Gasteiger partial charge in [0.2, 0.25) is 0 Å². The summed E-state index contributed by atoms with van der Waals surface area (Å²) in [5.74, 6) is -0.00492. The van der Waals surface area contributed by atoms with Crippen LogP contribution in [0, 0.1) is 11.3 Å². The second kappa shape index (κ2) is 9.96. The van der Waals surface area contributed by atoms with E-state index >= 15 is 0 Å². The molecule has 10 heteroatoms. The van der Waals surface area contributed by atoms with E-state index in [-0.39, 0.29) is 29.4 Å². The zero-order valence-electron chi connectivity index (χ0n) is 18.7. The molecule has 2 aliphatic rings. The number of benzene rings is 2. The van der Waals surface area contributed by atoms with Crippen molar-refractivity contribution in [3.05, 3.63) is 42.5 Å². The Bertz CT molecular complexity index is 1120. The molecule has 1 saturated heterocycles. The van der Waals surface area contributed by atoms with Crippen LogP contribution in [0.3, 0.4) is 0 Å². The van der Waals surface area contributed by atoms with Gasteiger partial charge in [-0.05, 0) is 54.5 Å². The van der Waals surface area contributed by atoms with Crippen molar-refractivity contribution in [1.82, 2.24) is 20.1 Å². The quantitative estimate of drug-likeness (QED) is 0.291. The van der Waals surface area contributed by atoms with Crippen molar-refractivity contribution in [3.63, 3.8) is 0 Å². The van der Waals surface area contributed by atoms with Gasteiger partial charge in [0.05, 0.1) is 4.90 Å². The van der Waals surface area contributed by atoms with E-state index in [1.807, 2.05) is 24.3 Å². The minimum atomic E-state index is -3.98. The number of hydrogen-bond acceptors (Lipinski definition) is 4. The number of hydrogen-bond donors (Lipinski definition) is 4. The molecule has 1 heterocycles. The van der Waals surface area contributed by atoms with Crippen molar-refractivity contribution < 1.29 is 13.2 Å². The molecule has 1 unspecified atom stereocenters. The zero-order chi connectivity index (χ0) is 23.4. The molecule has 1 aliphatic heterocycles. The minimum absolute atomic E-state index is 0.00148. The first kappa shape index (κ1) is 23.3. The van der Waals surface area contributed by atoms with Crippen LogP contribution in [0.1, 0.15) is 38.5 Å². The molecule has 178 valence electrons. The number of sulfonamides is 1. The van der Waals surface area contributed by atoms with Gasteiger partial charge in [0.1, 0.15) is 0 Å². The van der Waals surface area contributed by atoms with Crippen LogP contribution >= 0.6 is 0 Å². The van der Waals surface area contributed by atoms with Crippen LogP contribution in [-0.4, -0.2) is 56.0 Å². The van der Waals surface area contributed by atoms with E-state index in [0.29, 0.717) is 13.1 Å². The summed E-state index contributed by atoms with van der Waals surface area (Å²) in [5, 5.41) is 13.6. The zero-order valence-corrected chi connectivity index (χ0v) is 19.5. The van der Waals surface area contributed by atoms with E-state index in [1.54, 1.807) is 23.1 Å². The number of nitrogens with one attached hydrogen (secondary N) is 3. The normalized spacial score (nSPS) is 19.5.